The van der Waals surface area contributed by atoms with Crippen LogP contribution in [0.3, 0.4) is 0 Å². The first kappa shape index (κ1) is 13.3. The third-order valence-electron chi connectivity index (χ3n) is 2.58. The molecule has 18 heavy (non-hydrogen) atoms. The number of nitro benzene ring substituents is 1. The number of carbonyl (C=O) groups is 1. The SMILES string of the molecule is O=C1CC(O)CN1c1c(Cl)cc(Br)cc1[N+](=O)[O-]. The minimum absolute atomic E-state index is 0.0149. The zero-order chi connectivity index (χ0) is 13.4. The number of benzene rings is 1. The summed E-state index contributed by atoms with van der Waals surface area (Å²) in [4.78, 5) is 23.2. The Morgan fingerprint density at radius 1 is 1.56 bits per heavy atom. The van der Waals surface area contributed by atoms with E-state index in [1.807, 2.05) is 0 Å². The number of hydrogen-bond donors (Lipinski definition) is 1. The molecule has 0 bridgehead atoms. The Morgan fingerprint density at radius 3 is 2.72 bits per heavy atom. The molecule has 0 aliphatic carbocycles. The van der Waals surface area contributed by atoms with Gasteiger partial charge in [-0.05, 0) is 6.07 Å². The zero-order valence-corrected chi connectivity index (χ0v) is 11.3. The van der Waals surface area contributed by atoms with E-state index in [0.29, 0.717) is 4.47 Å². The predicted octanol–water partition coefficient (Wildman–Crippen LogP) is 2.11. The van der Waals surface area contributed by atoms with Crippen LogP contribution in [-0.2, 0) is 4.79 Å². The maximum absolute atomic E-state index is 11.7. The van der Waals surface area contributed by atoms with Gasteiger partial charge in [0.15, 0.2) is 0 Å². The second kappa shape index (κ2) is 4.83. The molecule has 96 valence electrons. The molecular weight excluding hydrogens is 327 g/mol. The average molecular weight is 336 g/mol. The molecule has 1 aromatic carbocycles. The summed E-state index contributed by atoms with van der Waals surface area (Å²) in [6.45, 7) is 0.0149. The van der Waals surface area contributed by atoms with Gasteiger partial charge in [-0.15, -0.1) is 0 Å². The topological polar surface area (TPSA) is 83.7 Å². The Kier molecular flexibility index (Phi) is 3.56. The minimum atomic E-state index is -0.822. The summed E-state index contributed by atoms with van der Waals surface area (Å²) in [5.74, 6) is -0.380. The minimum Gasteiger partial charge on any atom is -0.391 e. The summed E-state index contributed by atoms with van der Waals surface area (Å²) in [5.41, 5.74) is -0.233. The van der Waals surface area contributed by atoms with E-state index in [-0.39, 0.29) is 35.3 Å². The number of anilines is 1. The largest absolute Gasteiger partial charge is 0.391 e. The molecular formula is C10H8BrClN2O4. The Morgan fingerprint density at radius 2 is 2.22 bits per heavy atom. The molecule has 8 heteroatoms. The number of aliphatic hydroxyl groups excluding tert-OH is 1. The monoisotopic (exact) mass is 334 g/mol. The molecule has 0 saturated carbocycles. The van der Waals surface area contributed by atoms with Crippen molar-refractivity contribution < 1.29 is 14.8 Å². The van der Waals surface area contributed by atoms with Crippen molar-refractivity contribution in [1.29, 1.82) is 0 Å². The first-order chi connectivity index (χ1) is 8.40. The molecule has 6 nitrogen and oxygen atoms in total. The summed E-state index contributed by atoms with van der Waals surface area (Å²) in [6.07, 6.45) is -0.874. The first-order valence-corrected chi connectivity index (χ1v) is 6.19. The van der Waals surface area contributed by atoms with Crippen LogP contribution in [0.25, 0.3) is 0 Å². The van der Waals surface area contributed by atoms with Gasteiger partial charge in [-0.2, -0.15) is 0 Å². The highest BCUT2D eigenvalue weighted by molar-refractivity contribution is 9.10. The van der Waals surface area contributed by atoms with E-state index < -0.39 is 11.0 Å². The standard InChI is InChI=1S/C10H8BrClN2O4/c11-5-1-7(12)10(8(2-5)14(17)18)13-4-6(15)3-9(13)16/h1-2,6,15H,3-4H2. The molecule has 1 amide bonds. The lowest BCUT2D eigenvalue weighted by Gasteiger charge is -2.17. The molecule has 1 saturated heterocycles. The number of halogens is 2. The van der Waals surface area contributed by atoms with E-state index in [9.17, 15) is 20.0 Å². The number of rotatable bonds is 2. The van der Waals surface area contributed by atoms with Gasteiger partial charge in [0.25, 0.3) is 5.69 Å². The van der Waals surface area contributed by atoms with Gasteiger partial charge >= 0.3 is 0 Å². The summed E-state index contributed by atoms with van der Waals surface area (Å²) >= 11 is 9.07. The van der Waals surface area contributed by atoms with E-state index >= 15 is 0 Å². The third kappa shape index (κ3) is 2.33. The van der Waals surface area contributed by atoms with Crippen LogP contribution in [0, 0.1) is 10.1 Å². The van der Waals surface area contributed by atoms with Crippen LogP contribution in [0.5, 0.6) is 0 Å². The number of β-amino-alcohol motifs (C(OH)–C–C–N with tert-alkyl or cyclic N) is 1. The molecule has 0 radical (unpaired) electrons. The highest BCUT2D eigenvalue weighted by Gasteiger charge is 2.35. The smallest absolute Gasteiger partial charge is 0.295 e. The quantitative estimate of drug-likeness (QED) is 0.663. The zero-order valence-electron chi connectivity index (χ0n) is 8.97. The fourth-order valence-corrected chi connectivity index (χ4v) is 2.76. The molecule has 1 aromatic rings. The highest BCUT2D eigenvalue weighted by atomic mass is 79.9. The molecule has 0 aromatic heterocycles. The van der Waals surface area contributed by atoms with Crippen molar-refractivity contribution in [2.45, 2.75) is 12.5 Å². The lowest BCUT2D eigenvalue weighted by Crippen LogP contribution is -2.26. The Bertz CT molecular complexity index is 537. The first-order valence-electron chi connectivity index (χ1n) is 5.02. The van der Waals surface area contributed by atoms with Gasteiger partial charge < -0.3 is 10.0 Å². The van der Waals surface area contributed by atoms with Crippen LogP contribution in [0.2, 0.25) is 5.02 Å². The summed E-state index contributed by atoms with van der Waals surface area (Å²) in [6, 6.07) is 2.75. The highest BCUT2D eigenvalue weighted by Crippen LogP contribution is 2.40. The predicted molar refractivity (Wildman–Crippen MR) is 68.8 cm³/mol. The van der Waals surface area contributed by atoms with Crippen molar-refractivity contribution in [2.75, 3.05) is 11.4 Å². The number of hydrogen-bond acceptors (Lipinski definition) is 4. The summed E-state index contributed by atoms with van der Waals surface area (Å²) < 4.78 is 0.454. The maximum atomic E-state index is 11.7. The maximum Gasteiger partial charge on any atom is 0.295 e. The van der Waals surface area contributed by atoms with E-state index in [4.69, 9.17) is 11.6 Å². The van der Waals surface area contributed by atoms with Crippen molar-refractivity contribution in [1.82, 2.24) is 0 Å². The molecule has 2 rings (SSSR count). The van der Waals surface area contributed by atoms with Gasteiger partial charge in [0.1, 0.15) is 5.69 Å². The Balaban J connectivity index is 2.56. The van der Waals surface area contributed by atoms with Crippen LogP contribution >= 0.6 is 27.5 Å². The van der Waals surface area contributed by atoms with Gasteiger partial charge in [0, 0.05) is 10.5 Å². The van der Waals surface area contributed by atoms with Crippen molar-refractivity contribution in [3.05, 3.63) is 31.7 Å². The summed E-state index contributed by atoms with van der Waals surface area (Å²) in [5, 5.41) is 20.5. The molecule has 1 heterocycles. The molecule has 1 unspecified atom stereocenters. The lowest BCUT2D eigenvalue weighted by atomic mass is 10.2. The van der Waals surface area contributed by atoms with Crippen molar-refractivity contribution in [3.63, 3.8) is 0 Å². The molecule has 1 fully saturated rings. The second-order valence-electron chi connectivity index (χ2n) is 3.87. The van der Waals surface area contributed by atoms with Gasteiger partial charge in [0.05, 0.1) is 29.0 Å². The van der Waals surface area contributed by atoms with E-state index in [1.165, 1.54) is 12.1 Å². The average Bonchev–Trinajstić information content (AvgIpc) is 2.56. The van der Waals surface area contributed by atoms with E-state index in [2.05, 4.69) is 15.9 Å². The van der Waals surface area contributed by atoms with Gasteiger partial charge in [-0.1, -0.05) is 27.5 Å². The molecule has 1 N–H and O–H groups in total. The number of aliphatic hydroxyl groups is 1. The number of nitro groups is 1. The van der Waals surface area contributed by atoms with Crippen molar-refractivity contribution in [2.24, 2.45) is 0 Å². The molecule has 1 aliphatic heterocycles. The molecule has 1 atom stereocenters. The fourth-order valence-electron chi connectivity index (χ4n) is 1.86. The van der Waals surface area contributed by atoms with E-state index in [0.717, 1.165) is 4.90 Å². The normalized spacial score (nSPS) is 19.4. The third-order valence-corrected chi connectivity index (χ3v) is 3.33. The van der Waals surface area contributed by atoms with Crippen LogP contribution in [0.15, 0.2) is 16.6 Å². The van der Waals surface area contributed by atoms with Gasteiger partial charge in [0.2, 0.25) is 5.91 Å². The van der Waals surface area contributed by atoms with Crippen LogP contribution in [0.1, 0.15) is 6.42 Å². The Labute approximate surface area is 115 Å². The van der Waals surface area contributed by atoms with Crippen molar-refractivity contribution >= 4 is 44.8 Å². The number of amides is 1. The van der Waals surface area contributed by atoms with Crippen molar-refractivity contribution in [3.8, 4) is 0 Å². The number of nitrogens with zero attached hydrogens (tertiary/aromatic N) is 2. The number of carbonyl (C=O) groups excluding carboxylic acids is 1. The van der Waals surface area contributed by atoms with E-state index in [1.54, 1.807) is 0 Å². The van der Waals surface area contributed by atoms with Crippen LogP contribution in [-0.4, -0.2) is 28.6 Å². The lowest BCUT2D eigenvalue weighted by molar-refractivity contribution is -0.384. The second-order valence-corrected chi connectivity index (χ2v) is 5.20. The molecule has 0 spiro atoms. The van der Waals surface area contributed by atoms with Crippen LogP contribution < -0.4 is 4.90 Å². The van der Waals surface area contributed by atoms with Crippen LogP contribution in [0.4, 0.5) is 11.4 Å². The Hall–Kier alpha value is -1.18. The van der Waals surface area contributed by atoms with Gasteiger partial charge in [-0.3, -0.25) is 14.9 Å². The molecule has 1 aliphatic rings. The fraction of sp³-hybridized carbons (Fsp3) is 0.300. The van der Waals surface area contributed by atoms with Gasteiger partial charge in [-0.25, -0.2) is 0 Å². The summed E-state index contributed by atoms with van der Waals surface area (Å²) in [7, 11) is 0.